The van der Waals surface area contributed by atoms with Crippen LogP contribution in [0.3, 0.4) is 0 Å². The zero-order valence-corrected chi connectivity index (χ0v) is 30.0. The summed E-state index contributed by atoms with van der Waals surface area (Å²) >= 11 is 0. The van der Waals surface area contributed by atoms with Crippen molar-refractivity contribution in [1.82, 2.24) is 9.97 Å². The van der Waals surface area contributed by atoms with E-state index in [2.05, 4.69) is 29.2 Å². The van der Waals surface area contributed by atoms with Crippen molar-refractivity contribution in [2.75, 3.05) is 40.7 Å². The van der Waals surface area contributed by atoms with Crippen molar-refractivity contribution in [1.29, 1.82) is 0 Å². The van der Waals surface area contributed by atoms with E-state index in [-0.39, 0.29) is 36.1 Å². The first-order valence-corrected chi connectivity index (χ1v) is 18.4. The molecule has 0 spiro atoms. The molecule has 12 unspecified atom stereocenters. The molecule has 0 bridgehead atoms. The fourth-order valence-corrected chi connectivity index (χ4v) is 7.66. The van der Waals surface area contributed by atoms with Crippen LogP contribution in [0.25, 0.3) is 0 Å². The molecular formula is C31H44N6O16P-. The first-order chi connectivity index (χ1) is 25.4. The quantitative estimate of drug-likeness (QED) is 0.0720. The second-order valence-electron chi connectivity index (χ2n) is 13.4. The molecule has 23 heteroatoms. The maximum Gasteiger partial charge on any atom is 0.333 e. The molecule has 2 saturated heterocycles. The number of hydrogen-bond acceptors (Lipinski definition) is 19. The maximum absolute atomic E-state index is 12.8. The standard InChI is InChI=1S/C31H45N6O16P/c1-13-22-14(2)36(12-37(22)23-27(33-13)34-31(32)35-28(23)45)16-5-3-15(4-6-16)9-17(38)24(42)18(39)10-50-30-26(44)25(43)20(52-30)11-51-54(48,49)53-19(29(46)47)7-8-21(40)41/h3-6,13-14,17-20,22,24-26,30,38-39,42-44H,7-12H2,1-2H3,(H,40,41)(H,46,47)(H,48,49)(H4,32,33,34,35,45)/p-1. The summed E-state index contributed by atoms with van der Waals surface area (Å²) in [6.07, 6.45) is -15.1. The number of carboxylic acids is 2. The van der Waals surface area contributed by atoms with Gasteiger partial charge in [-0.15, -0.1) is 0 Å². The van der Waals surface area contributed by atoms with E-state index in [0.29, 0.717) is 23.7 Å². The summed E-state index contributed by atoms with van der Waals surface area (Å²) in [5.74, 6) is -2.72. The van der Waals surface area contributed by atoms with Gasteiger partial charge in [-0.1, -0.05) is 12.1 Å². The van der Waals surface area contributed by atoms with Gasteiger partial charge in [0.2, 0.25) is 5.95 Å². The average molecular weight is 788 g/mol. The van der Waals surface area contributed by atoms with E-state index in [0.717, 1.165) is 5.69 Å². The molecule has 11 N–H and O–H groups in total. The summed E-state index contributed by atoms with van der Waals surface area (Å²) in [6, 6.07) is 7.03. The number of nitrogens with two attached hydrogens (primary N) is 1. The van der Waals surface area contributed by atoms with E-state index in [1.165, 1.54) is 0 Å². The number of aromatic nitrogens is 2. The van der Waals surface area contributed by atoms with Gasteiger partial charge in [0.1, 0.15) is 36.2 Å². The van der Waals surface area contributed by atoms with Crippen LogP contribution in [0.5, 0.6) is 0 Å². The Morgan fingerprint density at radius 2 is 1.80 bits per heavy atom. The fraction of sp³-hybridized carbons (Fsp3) is 0.613. The van der Waals surface area contributed by atoms with Crippen LogP contribution in [0.2, 0.25) is 0 Å². The van der Waals surface area contributed by atoms with Crippen LogP contribution in [-0.2, 0) is 39.1 Å². The Morgan fingerprint density at radius 3 is 2.44 bits per heavy atom. The number of phosphoric acid groups is 1. The minimum absolute atomic E-state index is 0.0137. The second-order valence-corrected chi connectivity index (χ2v) is 14.7. The lowest BCUT2D eigenvalue weighted by Crippen LogP contribution is -2.52. The predicted molar refractivity (Wildman–Crippen MR) is 183 cm³/mol. The maximum atomic E-state index is 12.8. The lowest BCUT2D eigenvalue weighted by molar-refractivity contribution is -0.236. The SMILES string of the molecule is CC1Nc2nc(N)[nH]c(=O)c2N2CN(c3ccc(CC(O)C(O)C(O)COC4OC(COP(=O)([O-])OC(CCC(=O)O)C(=O)O)C(O)C4O)cc3)C(C)C12. The van der Waals surface area contributed by atoms with Gasteiger partial charge >= 0.3 is 11.9 Å². The van der Waals surface area contributed by atoms with Gasteiger partial charge in [0.05, 0.1) is 38.1 Å². The van der Waals surface area contributed by atoms with Crippen LogP contribution in [0.15, 0.2) is 29.1 Å². The third-order valence-electron chi connectivity index (χ3n) is 9.53. The Labute approximate surface area is 307 Å². The number of hydrogen-bond donors (Lipinski definition) is 10. The lowest BCUT2D eigenvalue weighted by atomic mass is 9.98. The highest BCUT2D eigenvalue weighted by molar-refractivity contribution is 7.45. The summed E-state index contributed by atoms with van der Waals surface area (Å²) in [6.45, 7) is 2.78. The summed E-state index contributed by atoms with van der Waals surface area (Å²) in [4.78, 5) is 57.8. The van der Waals surface area contributed by atoms with Crippen molar-refractivity contribution < 1.29 is 73.3 Å². The van der Waals surface area contributed by atoms with Crippen LogP contribution in [0.1, 0.15) is 32.3 Å². The van der Waals surface area contributed by atoms with Crippen molar-refractivity contribution in [2.24, 2.45) is 0 Å². The van der Waals surface area contributed by atoms with Crippen molar-refractivity contribution >= 4 is 42.9 Å². The molecule has 5 rings (SSSR count). The Kier molecular flexibility index (Phi) is 12.9. The number of nitrogens with one attached hydrogen (secondary N) is 2. The van der Waals surface area contributed by atoms with Crippen molar-refractivity contribution in [3.63, 3.8) is 0 Å². The molecule has 3 aliphatic heterocycles. The van der Waals surface area contributed by atoms with Crippen LogP contribution < -0.4 is 31.3 Å². The normalized spacial score (nSPS) is 28.3. The molecule has 0 radical (unpaired) electrons. The number of aliphatic hydroxyl groups is 5. The van der Waals surface area contributed by atoms with Gasteiger partial charge in [0.25, 0.3) is 13.4 Å². The van der Waals surface area contributed by atoms with Gasteiger partial charge in [0, 0.05) is 24.6 Å². The number of aliphatic hydroxyl groups excluding tert-OH is 5. The molecule has 12 atom stereocenters. The molecule has 22 nitrogen and oxygen atoms in total. The number of aromatic amines is 1. The largest absolute Gasteiger partial charge is 0.756 e. The summed E-state index contributed by atoms with van der Waals surface area (Å²) < 4.78 is 31.7. The number of carbonyl (C=O) groups is 2. The van der Waals surface area contributed by atoms with Crippen molar-refractivity contribution in [3.05, 3.63) is 40.2 Å². The van der Waals surface area contributed by atoms with E-state index in [1.54, 1.807) is 12.1 Å². The molecule has 4 heterocycles. The van der Waals surface area contributed by atoms with E-state index in [9.17, 15) is 49.4 Å². The Bertz CT molecular complexity index is 1750. The molecule has 0 saturated carbocycles. The molecule has 1 aromatic heterocycles. The molecule has 54 heavy (non-hydrogen) atoms. The topological polar surface area (TPSA) is 343 Å². The number of fused-ring (bicyclic) bond motifs is 3. The highest BCUT2D eigenvalue weighted by atomic mass is 31.2. The first kappa shape index (κ1) is 41.2. The molecule has 3 aliphatic rings. The number of carboxylic acid groups (broad SMARTS) is 2. The monoisotopic (exact) mass is 787 g/mol. The second kappa shape index (κ2) is 16.8. The fourth-order valence-electron chi connectivity index (χ4n) is 6.76. The van der Waals surface area contributed by atoms with Gasteiger partial charge < -0.3 is 80.0 Å². The minimum Gasteiger partial charge on any atom is -0.756 e. The van der Waals surface area contributed by atoms with Crippen LogP contribution >= 0.6 is 7.82 Å². The van der Waals surface area contributed by atoms with E-state index in [1.807, 2.05) is 30.9 Å². The van der Waals surface area contributed by atoms with Crippen LogP contribution in [0.4, 0.5) is 23.1 Å². The van der Waals surface area contributed by atoms with Gasteiger partial charge in [-0.3, -0.25) is 19.1 Å². The van der Waals surface area contributed by atoms with Crippen molar-refractivity contribution in [3.8, 4) is 0 Å². The lowest BCUT2D eigenvalue weighted by Gasteiger charge is -2.37. The highest BCUT2D eigenvalue weighted by Gasteiger charge is 2.47. The van der Waals surface area contributed by atoms with E-state index >= 15 is 0 Å². The highest BCUT2D eigenvalue weighted by Crippen LogP contribution is 2.42. The Balaban J connectivity index is 1.10. The smallest absolute Gasteiger partial charge is 0.333 e. The number of nitrogen functional groups attached to an aromatic ring is 1. The minimum atomic E-state index is -5.36. The Morgan fingerprint density at radius 1 is 1.11 bits per heavy atom. The first-order valence-electron chi connectivity index (χ1n) is 16.9. The number of rotatable bonds is 17. The summed E-state index contributed by atoms with van der Waals surface area (Å²) in [5.41, 5.74) is 7.25. The molecule has 300 valence electrons. The number of ether oxygens (including phenoxy) is 2. The van der Waals surface area contributed by atoms with Gasteiger partial charge in [-0.05, 0) is 38.0 Å². The van der Waals surface area contributed by atoms with Gasteiger partial charge in [-0.25, -0.2) is 4.79 Å². The molecular weight excluding hydrogens is 743 g/mol. The molecule has 2 aromatic rings. The molecule has 0 amide bonds. The number of phosphoric ester groups is 1. The van der Waals surface area contributed by atoms with Gasteiger partial charge in [-0.2, -0.15) is 4.98 Å². The van der Waals surface area contributed by atoms with Gasteiger partial charge in [0.15, 0.2) is 18.2 Å². The summed E-state index contributed by atoms with van der Waals surface area (Å²) in [5, 5.41) is 73.5. The average Bonchev–Trinajstić information content (AvgIpc) is 3.58. The third-order valence-corrected chi connectivity index (χ3v) is 10.5. The van der Waals surface area contributed by atoms with Crippen LogP contribution in [0, 0.1) is 0 Å². The Hall–Kier alpha value is -3.93. The number of benzene rings is 1. The molecule has 2 fully saturated rings. The number of anilines is 4. The van der Waals surface area contributed by atoms with E-state index < -0.39 is 94.8 Å². The zero-order valence-electron chi connectivity index (χ0n) is 29.1. The zero-order chi connectivity index (χ0) is 39.6. The number of nitrogens with zero attached hydrogens (tertiary/aromatic N) is 3. The molecule has 0 aliphatic carbocycles. The van der Waals surface area contributed by atoms with Crippen LogP contribution in [-0.4, -0.2) is 145 Å². The number of aliphatic carboxylic acids is 2. The third kappa shape index (κ3) is 9.29. The van der Waals surface area contributed by atoms with E-state index in [4.69, 9.17) is 25.4 Å². The number of H-pyrrole nitrogens is 1. The predicted octanol–water partition coefficient (Wildman–Crippen LogP) is -2.88. The van der Waals surface area contributed by atoms with Crippen molar-refractivity contribution in [2.45, 2.75) is 100 Å². The summed E-state index contributed by atoms with van der Waals surface area (Å²) in [7, 11) is -5.36. The molecule has 1 aromatic carbocycles.